The SMILES string of the molecule is Cl.c1ccc(CC(NCc2ccco2)c2ccccc2)cc1. The third-order valence-electron chi connectivity index (χ3n) is 3.59. The van der Waals surface area contributed by atoms with Gasteiger partial charge in [0.05, 0.1) is 12.8 Å². The summed E-state index contributed by atoms with van der Waals surface area (Å²) in [5.74, 6) is 0.962. The molecule has 3 aromatic rings. The molecule has 0 aliphatic heterocycles. The third-order valence-corrected chi connectivity index (χ3v) is 3.59. The van der Waals surface area contributed by atoms with E-state index < -0.39 is 0 Å². The molecule has 22 heavy (non-hydrogen) atoms. The minimum absolute atomic E-state index is 0. The van der Waals surface area contributed by atoms with Crippen LogP contribution < -0.4 is 5.32 Å². The first-order valence-electron chi connectivity index (χ1n) is 7.26. The number of hydrogen-bond acceptors (Lipinski definition) is 2. The molecule has 2 nitrogen and oxygen atoms in total. The van der Waals surface area contributed by atoms with E-state index in [1.54, 1.807) is 6.26 Å². The number of hydrogen-bond donors (Lipinski definition) is 1. The van der Waals surface area contributed by atoms with Crippen molar-refractivity contribution in [2.24, 2.45) is 0 Å². The molecule has 0 aliphatic carbocycles. The Morgan fingerprint density at radius 3 is 2.14 bits per heavy atom. The molecule has 114 valence electrons. The Morgan fingerprint density at radius 1 is 0.818 bits per heavy atom. The highest BCUT2D eigenvalue weighted by Crippen LogP contribution is 2.19. The second-order valence-electron chi connectivity index (χ2n) is 5.11. The van der Waals surface area contributed by atoms with Crippen LogP contribution in [-0.4, -0.2) is 0 Å². The Labute approximate surface area is 137 Å². The lowest BCUT2D eigenvalue weighted by atomic mass is 9.99. The molecule has 0 spiro atoms. The lowest BCUT2D eigenvalue weighted by molar-refractivity contribution is 0.447. The van der Waals surface area contributed by atoms with Gasteiger partial charge in [-0.3, -0.25) is 0 Å². The summed E-state index contributed by atoms with van der Waals surface area (Å²) < 4.78 is 5.41. The van der Waals surface area contributed by atoms with Gasteiger partial charge in [-0.2, -0.15) is 0 Å². The van der Waals surface area contributed by atoms with E-state index in [0.717, 1.165) is 18.7 Å². The summed E-state index contributed by atoms with van der Waals surface area (Å²) in [6.07, 6.45) is 2.68. The fourth-order valence-electron chi connectivity index (χ4n) is 2.48. The first-order valence-corrected chi connectivity index (χ1v) is 7.26. The average Bonchev–Trinajstić information content (AvgIpc) is 3.07. The molecule has 3 heteroatoms. The van der Waals surface area contributed by atoms with Crippen LogP contribution in [0.3, 0.4) is 0 Å². The van der Waals surface area contributed by atoms with Gasteiger partial charge in [-0.1, -0.05) is 60.7 Å². The smallest absolute Gasteiger partial charge is 0.117 e. The summed E-state index contributed by atoms with van der Waals surface area (Å²) >= 11 is 0. The van der Waals surface area contributed by atoms with Crippen LogP contribution >= 0.6 is 12.4 Å². The van der Waals surface area contributed by atoms with E-state index in [1.165, 1.54) is 11.1 Å². The van der Waals surface area contributed by atoms with Gasteiger partial charge in [-0.15, -0.1) is 12.4 Å². The molecule has 0 aliphatic rings. The Bertz CT molecular complexity index is 638. The van der Waals surface area contributed by atoms with Crippen molar-refractivity contribution >= 4 is 12.4 Å². The van der Waals surface area contributed by atoms with E-state index in [-0.39, 0.29) is 18.4 Å². The zero-order valence-corrected chi connectivity index (χ0v) is 13.1. The van der Waals surface area contributed by atoms with Gasteiger partial charge in [-0.05, 0) is 29.7 Å². The number of nitrogens with one attached hydrogen (secondary N) is 1. The molecule has 1 unspecified atom stereocenters. The molecule has 0 saturated carbocycles. The van der Waals surface area contributed by atoms with E-state index in [4.69, 9.17) is 4.42 Å². The van der Waals surface area contributed by atoms with Gasteiger partial charge in [0.2, 0.25) is 0 Å². The van der Waals surface area contributed by atoms with E-state index in [2.05, 4.69) is 66.0 Å². The first kappa shape index (κ1) is 16.3. The monoisotopic (exact) mass is 313 g/mol. The molecule has 2 aromatic carbocycles. The van der Waals surface area contributed by atoms with E-state index in [1.807, 2.05) is 12.1 Å². The van der Waals surface area contributed by atoms with Gasteiger partial charge in [0.15, 0.2) is 0 Å². The minimum atomic E-state index is 0. The standard InChI is InChI=1S/C19H19NO.ClH/c1-3-8-16(9-4-1)14-19(17-10-5-2-6-11-17)20-15-18-12-7-13-21-18;/h1-13,19-20H,14-15H2;1H. The second kappa shape index (κ2) is 8.42. The number of rotatable bonds is 6. The van der Waals surface area contributed by atoms with Gasteiger partial charge >= 0.3 is 0 Å². The molecule has 1 N–H and O–H groups in total. The summed E-state index contributed by atoms with van der Waals surface area (Å²) in [6.45, 7) is 0.736. The zero-order valence-electron chi connectivity index (χ0n) is 12.3. The van der Waals surface area contributed by atoms with Crippen LogP contribution in [0.25, 0.3) is 0 Å². The number of furan rings is 1. The van der Waals surface area contributed by atoms with Crippen LogP contribution in [0.15, 0.2) is 83.5 Å². The lowest BCUT2D eigenvalue weighted by Gasteiger charge is -2.19. The summed E-state index contributed by atoms with van der Waals surface area (Å²) in [5, 5.41) is 3.59. The molecule has 3 rings (SSSR count). The average molecular weight is 314 g/mol. The van der Waals surface area contributed by atoms with Crippen molar-refractivity contribution < 1.29 is 4.42 Å². The second-order valence-corrected chi connectivity index (χ2v) is 5.11. The molecular formula is C19H20ClNO. The van der Waals surface area contributed by atoms with Gasteiger partial charge in [-0.25, -0.2) is 0 Å². The van der Waals surface area contributed by atoms with Crippen LogP contribution in [-0.2, 0) is 13.0 Å². The summed E-state index contributed by atoms with van der Waals surface area (Å²) in [5.41, 5.74) is 2.63. The maximum absolute atomic E-state index is 5.41. The molecule has 0 saturated heterocycles. The summed E-state index contributed by atoms with van der Waals surface area (Å²) in [4.78, 5) is 0. The molecule has 1 aromatic heterocycles. The molecule has 0 bridgehead atoms. The predicted molar refractivity (Wildman–Crippen MR) is 92.1 cm³/mol. The summed E-state index contributed by atoms with van der Waals surface area (Å²) in [7, 11) is 0. The topological polar surface area (TPSA) is 25.2 Å². The fraction of sp³-hybridized carbons (Fsp3) is 0.158. The van der Waals surface area contributed by atoms with Crippen LogP contribution in [0.1, 0.15) is 22.9 Å². The van der Waals surface area contributed by atoms with Crippen LogP contribution in [0.2, 0.25) is 0 Å². The van der Waals surface area contributed by atoms with Crippen LogP contribution in [0.4, 0.5) is 0 Å². The Hall–Kier alpha value is -2.03. The molecule has 1 heterocycles. The van der Waals surface area contributed by atoms with Gasteiger partial charge in [0, 0.05) is 6.04 Å². The maximum atomic E-state index is 5.41. The highest BCUT2D eigenvalue weighted by molar-refractivity contribution is 5.85. The highest BCUT2D eigenvalue weighted by Gasteiger charge is 2.12. The van der Waals surface area contributed by atoms with Crippen molar-refractivity contribution in [3.8, 4) is 0 Å². The molecule has 0 radical (unpaired) electrons. The first-order chi connectivity index (χ1) is 10.4. The van der Waals surface area contributed by atoms with E-state index in [9.17, 15) is 0 Å². The van der Waals surface area contributed by atoms with E-state index in [0.29, 0.717) is 0 Å². The zero-order chi connectivity index (χ0) is 14.3. The molecule has 0 amide bonds. The molecule has 0 fully saturated rings. The van der Waals surface area contributed by atoms with Gasteiger partial charge in [0.1, 0.15) is 5.76 Å². The molecule has 1 atom stereocenters. The summed E-state index contributed by atoms with van der Waals surface area (Å²) in [6, 6.07) is 25.3. The van der Waals surface area contributed by atoms with Gasteiger partial charge in [0.25, 0.3) is 0 Å². The Balaban J connectivity index is 0.00000176. The Kier molecular flexibility index (Phi) is 6.26. The van der Waals surface area contributed by atoms with Crippen molar-refractivity contribution in [2.75, 3.05) is 0 Å². The van der Waals surface area contributed by atoms with Crippen molar-refractivity contribution in [3.63, 3.8) is 0 Å². The van der Waals surface area contributed by atoms with Crippen molar-refractivity contribution in [1.82, 2.24) is 5.32 Å². The maximum Gasteiger partial charge on any atom is 0.117 e. The Morgan fingerprint density at radius 2 is 1.50 bits per heavy atom. The molecular weight excluding hydrogens is 294 g/mol. The number of benzene rings is 2. The minimum Gasteiger partial charge on any atom is -0.468 e. The fourth-order valence-corrected chi connectivity index (χ4v) is 2.48. The third kappa shape index (κ3) is 4.48. The van der Waals surface area contributed by atoms with E-state index >= 15 is 0 Å². The van der Waals surface area contributed by atoms with Crippen LogP contribution in [0.5, 0.6) is 0 Å². The van der Waals surface area contributed by atoms with Gasteiger partial charge < -0.3 is 9.73 Å². The predicted octanol–water partition coefficient (Wildman–Crippen LogP) is 4.78. The van der Waals surface area contributed by atoms with Crippen LogP contribution in [0, 0.1) is 0 Å². The quantitative estimate of drug-likeness (QED) is 0.709. The number of halogens is 1. The normalized spacial score (nSPS) is 11.6. The lowest BCUT2D eigenvalue weighted by Crippen LogP contribution is -2.22. The van der Waals surface area contributed by atoms with Crippen molar-refractivity contribution in [1.29, 1.82) is 0 Å². The van der Waals surface area contributed by atoms with Crippen molar-refractivity contribution in [2.45, 2.75) is 19.0 Å². The highest BCUT2D eigenvalue weighted by atomic mass is 35.5. The largest absolute Gasteiger partial charge is 0.468 e. The van der Waals surface area contributed by atoms with Crippen molar-refractivity contribution in [3.05, 3.63) is 95.9 Å².